The predicted octanol–water partition coefficient (Wildman–Crippen LogP) is 4.63. The van der Waals surface area contributed by atoms with E-state index in [1.54, 1.807) is 6.20 Å². The van der Waals surface area contributed by atoms with E-state index in [0.717, 1.165) is 48.9 Å². The first-order valence-corrected chi connectivity index (χ1v) is 9.48. The Morgan fingerprint density at radius 1 is 1.22 bits per heavy atom. The topological polar surface area (TPSA) is 59.2 Å². The van der Waals surface area contributed by atoms with Crippen LogP contribution in [-0.2, 0) is 0 Å². The fraction of sp³-hybridized carbons (Fsp3) is 0.318. The zero-order chi connectivity index (χ0) is 18.6. The van der Waals surface area contributed by atoms with Gasteiger partial charge in [-0.05, 0) is 31.4 Å². The lowest BCUT2D eigenvalue weighted by molar-refractivity contribution is 0.0718. The summed E-state index contributed by atoms with van der Waals surface area (Å²) < 4.78 is 5.16. The maximum absolute atomic E-state index is 13.3. The number of benzene rings is 1. The third-order valence-corrected chi connectivity index (χ3v) is 5.13. The SMILES string of the molecule is Cc1noc2ncc(C(=O)N3CCCCCC3/C=C/c3ccccc3)cc12. The fourth-order valence-electron chi connectivity index (χ4n) is 3.60. The first kappa shape index (κ1) is 17.5. The molecule has 1 aliphatic heterocycles. The van der Waals surface area contributed by atoms with Crippen LogP contribution in [0.3, 0.4) is 0 Å². The van der Waals surface area contributed by atoms with Gasteiger partial charge in [-0.2, -0.15) is 0 Å². The van der Waals surface area contributed by atoms with E-state index in [-0.39, 0.29) is 11.9 Å². The normalized spacial score (nSPS) is 18.1. The molecule has 2 aromatic heterocycles. The zero-order valence-electron chi connectivity index (χ0n) is 15.5. The standard InChI is InChI=1S/C22H23N3O2/c1-16-20-14-18(15-23-21(20)27-24-16)22(26)25-13-7-3-6-10-19(25)12-11-17-8-4-2-5-9-17/h2,4-5,8-9,11-12,14-15,19H,3,6-7,10,13H2,1H3/b12-11+. The van der Waals surface area contributed by atoms with E-state index in [2.05, 4.69) is 34.4 Å². The minimum atomic E-state index is 0.0228. The second-order valence-electron chi connectivity index (χ2n) is 7.03. The number of hydrogen-bond acceptors (Lipinski definition) is 4. The molecule has 0 spiro atoms. The highest BCUT2D eigenvalue weighted by Gasteiger charge is 2.25. The average molecular weight is 361 g/mol. The van der Waals surface area contributed by atoms with E-state index in [9.17, 15) is 4.79 Å². The summed E-state index contributed by atoms with van der Waals surface area (Å²) in [7, 11) is 0. The molecule has 0 saturated carbocycles. The molecule has 5 nitrogen and oxygen atoms in total. The van der Waals surface area contributed by atoms with Crippen LogP contribution >= 0.6 is 0 Å². The van der Waals surface area contributed by atoms with Gasteiger partial charge in [0.1, 0.15) is 0 Å². The van der Waals surface area contributed by atoms with Crippen LogP contribution < -0.4 is 0 Å². The number of pyridine rings is 1. The summed E-state index contributed by atoms with van der Waals surface area (Å²) >= 11 is 0. The van der Waals surface area contributed by atoms with Gasteiger partial charge in [-0.1, -0.05) is 60.5 Å². The molecule has 138 valence electrons. The Bertz CT molecular complexity index is 962. The summed E-state index contributed by atoms with van der Waals surface area (Å²) in [4.78, 5) is 19.5. The zero-order valence-corrected chi connectivity index (χ0v) is 15.5. The molecule has 4 rings (SSSR count). The van der Waals surface area contributed by atoms with Crippen molar-refractivity contribution in [3.05, 3.63) is 65.5 Å². The minimum absolute atomic E-state index is 0.0228. The molecule has 1 amide bonds. The van der Waals surface area contributed by atoms with E-state index < -0.39 is 0 Å². The van der Waals surface area contributed by atoms with Crippen LogP contribution in [0.2, 0.25) is 0 Å². The lowest BCUT2D eigenvalue weighted by Gasteiger charge is -2.28. The second kappa shape index (κ2) is 7.74. The van der Waals surface area contributed by atoms with Crippen LogP contribution in [0.1, 0.15) is 47.3 Å². The van der Waals surface area contributed by atoms with Crippen molar-refractivity contribution in [2.45, 2.75) is 38.6 Å². The van der Waals surface area contributed by atoms with Crippen LogP contribution in [0.25, 0.3) is 17.2 Å². The molecule has 3 aromatic rings. The number of carbonyl (C=O) groups is 1. The Hall–Kier alpha value is -2.95. The van der Waals surface area contributed by atoms with Gasteiger partial charge < -0.3 is 9.42 Å². The van der Waals surface area contributed by atoms with Crippen LogP contribution in [0.15, 0.2) is 53.2 Å². The van der Waals surface area contributed by atoms with Gasteiger partial charge in [0.2, 0.25) is 0 Å². The van der Waals surface area contributed by atoms with Crippen molar-refractivity contribution in [3.8, 4) is 0 Å². The molecule has 1 fully saturated rings. The van der Waals surface area contributed by atoms with E-state index in [1.807, 2.05) is 36.1 Å². The highest BCUT2D eigenvalue weighted by atomic mass is 16.5. The number of amides is 1. The molecule has 0 aliphatic carbocycles. The Morgan fingerprint density at radius 2 is 2.07 bits per heavy atom. The van der Waals surface area contributed by atoms with E-state index in [0.29, 0.717) is 11.3 Å². The maximum atomic E-state index is 13.3. The Kier molecular flexibility index (Phi) is 5.01. The van der Waals surface area contributed by atoms with Gasteiger partial charge in [-0.3, -0.25) is 4.79 Å². The summed E-state index contributed by atoms with van der Waals surface area (Å²) in [6.45, 7) is 2.63. The number of nitrogens with zero attached hydrogens (tertiary/aromatic N) is 3. The fourth-order valence-corrected chi connectivity index (χ4v) is 3.60. The molecule has 0 bridgehead atoms. The lowest BCUT2D eigenvalue weighted by atomic mass is 10.1. The largest absolute Gasteiger partial charge is 0.336 e. The first-order valence-electron chi connectivity index (χ1n) is 9.48. The number of rotatable bonds is 3. The van der Waals surface area contributed by atoms with E-state index in [1.165, 1.54) is 0 Å². The molecule has 3 heterocycles. The Balaban J connectivity index is 1.61. The smallest absolute Gasteiger partial charge is 0.257 e. The predicted molar refractivity (Wildman–Crippen MR) is 105 cm³/mol. The number of fused-ring (bicyclic) bond motifs is 1. The molecular formula is C22H23N3O2. The highest BCUT2D eigenvalue weighted by Crippen LogP contribution is 2.23. The van der Waals surface area contributed by atoms with Crippen molar-refractivity contribution >= 4 is 23.1 Å². The summed E-state index contributed by atoms with van der Waals surface area (Å²) in [5, 5.41) is 4.73. The van der Waals surface area contributed by atoms with Crippen molar-refractivity contribution < 1.29 is 9.32 Å². The molecular weight excluding hydrogens is 338 g/mol. The van der Waals surface area contributed by atoms with Gasteiger partial charge in [0.05, 0.1) is 22.7 Å². The molecule has 27 heavy (non-hydrogen) atoms. The van der Waals surface area contributed by atoms with Crippen molar-refractivity contribution in [2.24, 2.45) is 0 Å². The number of aromatic nitrogens is 2. The Morgan fingerprint density at radius 3 is 2.93 bits per heavy atom. The maximum Gasteiger partial charge on any atom is 0.257 e. The minimum Gasteiger partial charge on any atom is -0.336 e. The van der Waals surface area contributed by atoms with E-state index in [4.69, 9.17) is 4.52 Å². The number of likely N-dealkylation sites (tertiary alicyclic amines) is 1. The van der Waals surface area contributed by atoms with Gasteiger partial charge in [0.25, 0.3) is 11.6 Å². The Labute approximate surface area is 158 Å². The quantitative estimate of drug-likeness (QED) is 0.682. The third kappa shape index (κ3) is 3.77. The summed E-state index contributed by atoms with van der Waals surface area (Å²) in [5.74, 6) is 0.0228. The van der Waals surface area contributed by atoms with Gasteiger partial charge in [-0.25, -0.2) is 4.98 Å². The van der Waals surface area contributed by atoms with Crippen molar-refractivity contribution in [3.63, 3.8) is 0 Å². The molecule has 0 radical (unpaired) electrons. The van der Waals surface area contributed by atoms with E-state index >= 15 is 0 Å². The average Bonchev–Trinajstić information content (AvgIpc) is 2.92. The molecule has 0 N–H and O–H groups in total. The van der Waals surface area contributed by atoms with Crippen LogP contribution in [0.4, 0.5) is 0 Å². The van der Waals surface area contributed by atoms with Crippen LogP contribution in [0, 0.1) is 6.92 Å². The summed E-state index contributed by atoms with van der Waals surface area (Å²) in [5.41, 5.74) is 2.97. The van der Waals surface area contributed by atoms with Gasteiger partial charge in [-0.15, -0.1) is 0 Å². The summed E-state index contributed by atoms with van der Waals surface area (Å²) in [6, 6.07) is 12.2. The summed E-state index contributed by atoms with van der Waals surface area (Å²) in [6.07, 6.45) is 10.2. The molecule has 1 aliphatic rings. The van der Waals surface area contributed by atoms with Gasteiger partial charge in [0.15, 0.2) is 0 Å². The highest BCUT2D eigenvalue weighted by molar-refractivity contribution is 5.97. The second-order valence-corrected chi connectivity index (χ2v) is 7.03. The molecule has 1 saturated heterocycles. The number of hydrogen-bond donors (Lipinski definition) is 0. The monoisotopic (exact) mass is 361 g/mol. The van der Waals surface area contributed by atoms with Crippen LogP contribution in [0.5, 0.6) is 0 Å². The van der Waals surface area contributed by atoms with Crippen molar-refractivity contribution in [1.29, 1.82) is 0 Å². The van der Waals surface area contributed by atoms with Gasteiger partial charge in [0, 0.05) is 12.7 Å². The van der Waals surface area contributed by atoms with Crippen molar-refractivity contribution in [2.75, 3.05) is 6.54 Å². The molecule has 5 heteroatoms. The van der Waals surface area contributed by atoms with Gasteiger partial charge >= 0.3 is 0 Å². The first-order chi connectivity index (χ1) is 13.2. The van der Waals surface area contributed by atoms with Crippen molar-refractivity contribution in [1.82, 2.24) is 15.0 Å². The molecule has 1 aromatic carbocycles. The van der Waals surface area contributed by atoms with Crippen LogP contribution in [-0.4, -0.2) is 33.5 Å². The molecule has 1 atom stereocenters. The third-order valence-electron chi connectivity index (χ3n) is 5.13. The lowest BCUT2D eigenvalue weighted by Crippen LogP contribution is -2.39. The number of aryl methyl sites for hydroxylation is 1. The molecule has 1 unspecified atom stereocenters. The number of carbonyl (C=O) groups excluding carboxylic acids is 1.